The number of hydrogen-bond donors (Lipinski definition) is 0. The van der Waals surface area contributed by atoms with Gasteiger partial charge in [-0.15, -0.1) is 0 Å². The minimum atomic E-state index is -0.273. The quantitative estimate of drug-likeness (QED) is 0.614. The van der Waals surface area contributed by atoms with E-state index in [0.29, 0.717) is 0 Å². The molecule has 0 bridgehead atoms. The molecule has 0 aliphatic heterocycles. The van der Waals surface area contributed by atoms with Gasteiger partial charge in [-0.1, -0.05) is 48.6 Å². The molecular formula is C16H16O3. The van der Waals surface area contributed by atoms with Crippen LogP contribution in [0.5, 0.6) is 0 Å². The van der Waals surface area contributed by atoms with Gasteiger partial charge in [-0.3, -0.25) is 4.79 Å². The number of methoxy groups -OCH3 is 1. The van der Waals surface area contributed by atoms with Crippen LogP contribution in [0, 0.1) is 5.92 Å². The lowest BCUT2D eigenvalue weighted by atomic mass is 9.81. The highest BCUT2D eigenvalue weighted by Gasteiger charge is 2.22. The van der Waals surface area contributed by atoms with Gasteiger partial charge in [0.1, 0.15) is 6.29 Å². The molecule has 98 valence electrons. The van der Waals surface area contributed by atoms with Gasteiger partial charge in [-0.25, -0.2) is 0 Å². The predicted molar refractivity (Wildman–Crippen MR) is 72.7 cm³/mol. The maximum atomic E-state index is 11.4. The number of esters is 1. The standard InChI is InChI=1S/C16H16O3/c1-19-16(18)10-12-6-2-4-8-14(12)15-9-5-3-7-13(15)11-17/h2-9,11,13,15H,10H2,1H3. The Bertz CT molecular complexity index is 529. The molecule has 1 aromatic rings. The van der Waals surface area contributed by atoms with Gasteiger partial charge < -0.3 is 9.53 Å². The Morgan fingerprint density at radius 2 is 2.00 bits per heavy atom. The van der Waals surface area contributed by atoms with E-state index in [2.05, 4.69) is 0 Å². The summed E-state index contributed by atoms with van der Waals surface area (Å²) in [5, 5.41) is 0. The van der Waals surface area contributed by atoms with Gasteiger partial charge in [0.2, 0.25) is 0 Å². The van der Waals surface area contributed by atoms with Crippen LogP contribution in [0.2, 0.25) is 0 Å². The van der Waals surface area contributed by atoms with Crippen molar-refractivity contribution in [1.29, 1.82) is 0 Å². The van der Waals surface area contributed by atoms with E-state index in [-0.39, 0.29) is 24.2 Å². The summed E-state index contributed by atoms with van der Waals surface area (Å²) in [5.41, 5.74) is 1.91. The van der Waals surface area contributed by atoms with Crippen LogP contribution < -0.4 is 0 Å². The third-order valence-corrected chi connectivity index (χ3v) is 3.31. The lowest BCUT2D eigenvalue weighted by Gasteiger charge is -2.22. The first-order valence-corrected chi connectivity index (χ1v) is 6.21. The van der Waals surface area contributed by atoms with Crippen molar-refractivity contribution in [2.75, 3.05) is 7.11 Å². The molecule has 0 aromatic heterocycles. The molecule has 0 N–H and O–H groups in total. The number of rotatable bonds is 4. The lowest BCUT2D eigenvalue weighted by Crippen LogP contribution is -2.15. The highest BCUT2D eigenvalue weighted by Crippen LogP contribution is 2.31. The second-order valence-electron chi connectivity index (χ2n) is 4.46. The molecule has 0 spiro atoms. The second kappa shape index (κ2) is 6.14. The van der Waals surface area contributed by atoms with E-state index in [9.17, 15) is 9.59 Å². The third kappa shape index (κ3) is 2.99. The van der Waals surface area contributed by atoms with Crippen LogP contribution in [0.25, 0.3) is 0 Å². The number of hydrogen-bond acceptors (Lipinski definition) is 3. The number of benzene rings is 1. The zero-order valence-corrected chi connectivity index (χ0v) is 10.8. The van der Waals surface area contributed by atoms with E-state index in [1.807, 2.05) is 48.6 Å². The average Bonchev–Trinajstić information content (AvgIpc) is 2.47. The van der Waals surface area contributed by atoms with Crippen LogP contribution in [0.4, 0.5) is 0 Å². The fourth-order valence-corrected chi connectivity index (χ4v) is 2.31. The first kappa shape index (κ1) is 13.3. The van der Waals surface area contributed by atoms with Crippen LogP contribution in [-0.4, -0.2) is 19.4 Å². The van der Waals surface area contributed by atoms with Gasteiger partial charge in [-0.05, 0) is 11.1 Å². The SMILES string of the molecule is COC(=O)Cc1ccccc1C1C=CC=CC1C=O. The Balaban J connectivity index is 2.33. The zero-order valence-electron chi connectivity index (χ0n) is 10.8. The number of allylic oxidation sites excluding steroid dienone is 4. The fourth-order valence-electron chi connectivity index (χ4n) is 2.31. The molecule has 2 unspecified atom stereocenters. The van der Waals surface area contributed by atoms with Gasteiger partial charge in [0.15, 0.2) is 0 Å². The largest absolute Gasteiger partial charge is 0.469 e. The summed E-state index contributed by atoms with van der Waals surface area (Å²) in [4.78, 5) is 22.6. The molecule has 0 radical (unpaired) electrons. The molecule has 2 atom stereocenters. The summed E-state index contributed by atoms with van der Waals surface area (Å²) < 4.78 is 4.71. The van der Waals surface area contributed by atoms with Crippen LogP contribution in [0.3, 0.4) is 0 Å². The number of carbonyl (C=O) groups is 2. The summed E-state index contributed by atoms with van der Waals surface area (Å²) in [6, 6.07) is 7.67. The summed E-state index contributed by atoms with van der Waals surface area (Å²) in [6.07, 6.45) is 8.85. The molecule has 0 saturated heterocycles. The minimum Gasteiger partial charge on any atom is -0.469 e. The molecule has 0 fully saturated rings. The molecule has 0 heterocycles. The molecular weight excluding hydrogens is 240 g/mol. The normalized spacial score (nSPS) is 21.1. The summed E-state index contributed by atoms with van der Waals surface area (Å²) in [5.74, 6) is -0.461. The summed E-state index contributed by atoms with van der Waals surface area (Å²) in [7, 11) is 1.38. The Hall–Kier alpha value is -2.16. The molecule has 19 heavy (non-hydrogen) atoms. The topological polar surface area (TPSA) is 43.4 Å². The van der Waals surface area contributed by atoms with Crippen molar-refractivity contribution in [2.24, 2.45) is 5.92 Å². The molecule has 0 amide bonds. The Morgan fingerprint density at radius 1 is 1.26 bits per heavy atom. The van der Waals surface area contributed by atoms with Crippen LogP contribution >= 0.6 is 0 Å². The molecule has 2 rings (SSSR count). The fraction of sp³-hybridized carbons (Fsp3) is 0.250. The molecule has 3 heteroatoms. The smallest absolute Gasteiger partial charge is 0.309 e. The van der Waals surface area contributed by atoms with Crippen molar-refractivity contribution < 1.29 is 14.3 Å². The predicted octanol–water partition coefficient (Wildman–Crippen LogP) is 2.43. The molecule has 1 aliphatic carbocycles. The van der Waals surface area contributed by atoms with E-state index >= 15 is 0 Å². The van der Waals surface area contributed by atoms with Crippen LogP contribution in [-0.2, 0) is 20.7 Å². The number of carbonyl (C=O) groups excluding carboxylic acids is 2. The van der Waals surface area contributed by atoms with E-state index < -0.39 is 0 Å². The summed E-state index contributed by atoms with van der Waals surface area (Å²) in [6.45, 7) is 0. The monoisotopic (exact) mass is 256 g/mol. The van der Waals surface area contributed by atoms with E-state index in [1.165, 1.54) is 7.11 Å². The molecule has 0 saturated carbocycles. The van der Waals surface area contributed by atoms with Crippen molar-refractivity contribution in [3.8, 4) is 0 Å². The average molecular weight is 256 g/mol. The Labute approximate surface area is 112 Å². The number of ether oxygens (including phenoxy) is 1. The van der Waals surface area contributed by atoms with Gasteiger partial charge >= 0.3 is 5.97 Å². The van der Waals surface area contributed by atoms with Crippen molar-refractivity contribution >= 4 is 12.3 Å². The molecule has 3 nitrogen and oxygen atoms in total. The van der Waals surface area contributed by atoms with Crippen LogP contribution in [0.15, 0.2) is 48.6 Å². The first-order valence-electron chi connectivity index (χ1n) is 6.21. The van der Waals surface area contributed by atoms with Gasteiger partial charge in [0.05, 0.1) is 13.5 Å². The highest BCUT2D eigenvalue weighted by molar-refractivity contribution is 5.73. The van der Waals surface area contributed by atoms with E-state index in [4.69, 9.17) is 4.74 Å². The summed E-state index contributed by atoms with van der Waals surface area (Å²) >= 11 is 0. The van der Waals surface area contributed by atoms with Crippen molar-refractivity contribution in [3.63, 3.8) is 0 Å². The van der Waals surface area contributed by atoms with Crippen molar-refractivity contribution in [3.05, 3.63) is 59.7 Å². The van der Waals surface area contributed by atoms with Gasteiger partial charge in [0, 0.05) is 11.8 Å². The Morgan fingerprint density at radius 3 is 2.74 bits per heavy atom. The zero-order chi connectivity index (χ0) is 13.7. The first-order chi connectivity index (χ1) is 9.26. The molecule has 1 aromatic carbocycles. The van der Waals surface area contributed by atoms with Crippen molar-refractivity contribution in [1.82, 2.24) is 0 Å². The van der Waals surface area contributed by atoms with Crippen LogP contribution in [0.1, 0.15) is 17.0 Å². The maximum absolute atomic E-state index is 11.4. The second-order valence-corrected chi connectivity index (χ2v) is 4.46. The lowest BCUT2D eigenvalue weighted by molar-refractivity contribution is -0.139. The highest BCUT2D eigenvalue weighted by atomic mass is 16.5. The van der Waals surface area contributed by atoms with E-state index in [1.54, 1.807) is 0 Å². The van der Waals surface area contributed by atoms with E-state index in [0.717, 1.165) is 17.4 Å². The third-order valence-electron chi connectivity index (χ3n) is 3.31. The van der Waals surface area contributed by atoms with Gasteiger partial charge in [-0.2, -0.15) is 0 Å². The molecule has 1 aliphatic rings. The Kier molecular flexibility index (Phi) is 4.29. The number of aldehydes is 1. The maximum Gasteiger partial charge on any atom is 0.309 e. The minimum absolute atomic E-state index is 0.0108. The van der Waals surface area contributed by atoms with Gasteiger partial charge in [0.25, 0.3) is 0 Å². The van der Waals surface area contributed by atoms with Crippen molar-refractivity contribution in [2.45, 2.75) is 12.3 Å².